The zero-order chi connectivity index (χ0) is 28.4. The normalized spacial score (nSPS) is 25.0. The lowest BCUT2D eigenvalue weighted by molar-refractivity contribution is 0.00720. The molecule has 0 unspecified atom stereocenters. The van der Waals surface area contributed by atoms with Crippen LogP contribution in [-0.4, -0.2) is 52.3 Å². The third kappa shape index (κ3) is 6.04. The van der Waals surface area contributed by atoms with Gasteiger partial charge in [0.25, 0.3) is 0 Å². The molecule has 5 rings (SSSR count). The van der Waals surface area contributed by atoms with Crippen LogP contribution in [0.25, 0.3) is 11.3 Å². The molecule has 3 heterocycles. The fourth-order valence-corrected chi connectivity index (χ4v) is 5.69. The van der Waals surface area contributed by atoms with E-state index in [-0.39, 0.29) is 41.8 Å². The summed E-state index contributed by atoms with van der Waals surface area (Å²) in [5, 5.41) is 10.2. The molecule has 1 aromatic carbocycles. The van der Waals surface area contributed by atoms with Crippen LogP contribution in [0.4, 0.5) is 13.2 Å². The van der Waals surface area contributed by atoms with Gasteiger partial charge in [-0.15, -0.1) is 0 Å². The zero-order valence-corrected chi connectivity index (χ0v) is 22.2. The Balaban J connectivity index is 1.38. The first-order valence-corrected chi connectivity index (χ1v) is 13.5. The number of hydrogen-bond donors (Lipinski definition) is 2. The van der Waals surface area contributed by atoms with Crippen LogP contribution in [0.5, 0.6) is 5.75 Å². The van der Waals surface area contributed by atoms with E-state index >= 15 is 8.78 Å². The van der Waals surface area contributed by atoms with E-state index in [4.69, 9.17) is 15.2 Å². The highest BCUT2D eigenvalue weighted by Gasteiger charge is 2.34. The Hall–Kier alpha value is -3.34. The SMILES string of the molecule is C[C@H]1C[C@@H](c2ccncc2CC(=O)c2ccc(F)c(-c3c(F)cc(O[C@@H]4CCCOC4)cc3F)n2)C[C@@H](N)[C@@H]1O. The maximum atomic E-state index is 15.1. The molecule has 0 spiro atoms. The molecular formula is C30H32F3N3O4. The average Bonchev–Trinajstić information content (AvgIpc) is 2.93. The predicted octanol–water partition coefficient (Wildman–Crippen LogP) is 4.75. The van der Waals surface area contributed by atoms with Crippen LogP contribution in [-0.2, 0) is 11.2 Å². The lowest BCUT2D eigenvalue weighted by atomic mass is 9.74. The quantitative estimate of drug-likeness (QED) is 0.406. The topological polar surface area (TPSA) is 108 Å². The minimum Gasteiger partial charge on any atom is -0.488 e. The Morgan fingerprint density at radius 1 is 1.15 bits per heavy atom. The second-order valence-corrected chi connectivity index (χ2v) is 10.7. The molecule has 2 aliphatic rings. The third-order valence-corrected chi connectivity index (χ3v) is 7.77. The molecule has 40 heavy (non-hydrogen) atoms. The standard InChI is InChI=1S/C30H32F3N3O4/c1-16-9-17(10-25(34)30(16)38)21-6-7-35-14-18(21)11-27(37)26-5-4-22(31)29(36-26)28-23(32)12-20(13-24(28)33)40-19-3-2-8-39-15-19/h4-7,12-14,16-17,19,25,30,38H,2-3,8-11,15,34H2,1H3/t16-,17+,19+,25+,30+/m0/s1. The van der Waals surface area contributed by atoms with Crippen LogP contribution < -0.4 is 10.5 Å². The average molecular weight is 556 g/mol. The number of ether oxygens (including phenoxy) is 2. The van der Waals surface area contributed by atoms with Gasteiger partial charge in [0, 0.05) is 43.6 Å². The molecule has 5 atom stereocenters. The third-order valence-electron chi connectivity index (χ3n) is 7.77. The molecule has 10 heteroatoms. The molecule has 2 fully saturated rings. The monoisotopic (exact) mass is 555 g/mol. The summed E-state index contributed by atoms with van der Waals surface area (Å²) in [5.74, 6) is -3.54. The van der Waals surface area contributed by atoms with Gasteiger partial charge in [0.1, 0.15) is 40.7 Å². The number of aliphatic hydroxyl groups is 1. The van der Waals surface area contributed by atoms with E-state index in [1.165, 1.54) is 6.07 Å². The number of benzene rings is 1. The van der Waals surface area contributed by atoms with E-state index in [2.05, 4.69) is 9.97 Å². The maximum absolute atomic E-state index is 15.1. The highest BCUT2D eigenvalue weighted by molar-refractivity contribution is 5.96. The molecule has 2 aromatic heterocycles. The van der Waals surface area contributed by atoms with Crippen molar-refractivity contribution in [2.45, 2.75) is 63.2 Å². The Labute approximate surface area is 230 Å². The number of Topliss-reactive ketones (excluding diaryl/α,β-unsaturated/α-hetero) is 1. The summed E-state index contributed by atoms with van der Waals surface area (Å²) in [6.45, 7) is 2.87. The second-order valence-electron chi connectivity index (χ2n) is 10.7. The Morgan fingerprint density at radius 2 is 1.93 bits per heavy atom. The number of carbonyl (C=O) groups is 1. The smallest absolute Gasteiger partial charge is 0.185 e. The maximum Gasteiger partial charge on any atom is 0.185 e. The van der Waals surface area contributed by atoms with Crippen molar-refractivity contribution in [1.29, 1.82) is 0 Å². The summed E-state index contributed by atoms with van der Waals surface area (Å²) < 4.78 is 55.9. The lowest BCUT2D eigenvalue weighted by Crippen LogP contribution is -2.44. The molecule has 212 valence electrons. The summed E-state index contributed by atoms with van der Waals surface area (Å²) in [7, 11) is 0. The molecule has 3 N–H and O–H groups in total. The van der Waals surface area contributed by atoms with Crippen LogP contribution in [0, 0.1) is 23.4 Å². The van der Waals surface area contributed by atoms with Gasteiger partial charge in [-0.3, -0.25) is 9.78 Å². The number of halogens is 3. The van der Waals surface area contributed by atoms with Crippen molar-refractivity contribution >= 4 is 5.78 Å². The summed E-state index contributed by atoms with van der Waals surface area (Å²) >= 11 is 0. The Kier molecular flexibility index (Phi) is 8.48. The summed E-state index contributed by atoms with van der Waals surface area (Å²) in [4.78, 5) is 21.5. The fourth-order valence-electron chi connectivity index (χ4n) is 5.69. The van der Waals surface area contributed by atoms with Crippen LogP contribution in [0.1, 0.15) is 60.1 Å². The highest BCUT2D eigenvalue weighted by atomic mass is 19.1. The predicted molar refractivity (Wildman–Crippen MR) is 141 cm³/mol. The van der Waals surface area contributed by atoms with Crippen molar-refractivity contribution in [2.75, 3.05) is 13.2 Å². The first-order valence-electron chi connectivity index (χ1n) is 13.5. The lowest BCUT2D eigenvalue weighted by Gasteiger charge is -2.36. The Bertz CT molecular complexity index is 1350. The van der Waals surface area contributed by atoms with Crippen molar-refractivity contribution in [3.63, 3.8) is 0 Å². The van der Waals surface area contributed by atoms with Gasteiger partial charge in [0.2, 0.25) is 0 Å². The summed E-state index contributed by atoms with van der Waals surface area (Å²) in [6, 6.07) is 5.59. The van der Waals surface area contributed by atoms with Crippen molar-refractivity contribution < 1.29 is 32.5 Å². The molecule has 0 radical (unpaired) electrons. The zero-order valence-electron chi connectivity index (χ0n) is 22.2. The molecule has 3 aromatic rings. The van der Waals surface area contributed by atoms with Crippen molar-refractivity contribution in [3.05, 3.63) is 77.0 Å². The van der Waals surface area contributed by atoms with Gasteiger partial charge in [0.05, 0.1) is 18.3 Å². The number of nitrogens with two attached hydrogens (primary N) is 1. The number of pyridine rings is 2. The van der Waals surface area contributed by atoms with Crippen LogP contribution >= 0.6 is 0 Å². The van der Waals surface area contributed by atoms with Crippen molar-refractivity contribution in [2.24, 2.45) is 11.7 Å². The molecule has 1 saturated carbocycles. The second kappa shape index (κ2) is 12.0. The van der Waals surface area contributed by atoms with E-state index in [0.717, 1.165) is 30.2 Å². The molecule has 1 aliphatic heterocycles. The number of rotatable bonds is 7. The van der Waals surface area contributed by atoms with E-state index in [1.54, 1.807) is 12.4 Å². The van der Waals surface area contributed by atoms with Crippen LogP contribution in [0.2, 0.25) is 0 Å². The highest BCUT2D eigenvalue weighted by Crippen LogP contribution is 2.37. The number of carbonyl (C=O) groups excluding carboxylic acids is 1. The van der Waals surface area contributed by atoms with Gasteiger partial charge < -0.3 is 20.3 Å². The van der Waals surface area contributed by atoms with Gasteiger partial charge in [-0.2, -0.15) is 0 Å². The summed E-state index contributed by atoms with van der Waals surface area (Å²) in [6.07, 6.45) is 4.95. The van der Waals surface area contributed by atoms with Gasteiger partial charge in [-0.25, -0.2) is 18.2 Å². The van der Waals surface area contributed by atoms with E-state index in [1.807, 2.05) is 13.0 Å². The summed E-state index contributed by atoms with van der Waals surface area (Å²) in [5.41, 5.74) is 6.31. The number of aliphatic hydroxyl groups excluding tert-OH is 1. The largest absolute Gasteiger partial charge is 0.488 e. The van der Waals surface area contributed by atoms with Crippen molar-refractivity contribution in [1.82, 2.24) is 9.97 Å². The fraction of sp³-hybridized carbons (Fsp3) is 0.433. The Morgan fingerprint density at radius 3 is 2.62 bits per heavy atom. The molecular weight excluding hydrogens is 523 g/mol. The number of aromatic nitrogens is 2. The minimum atomic E-state index is -1.05. The van der Waals surface area contributed by atoms with E-state index in [9.17, 15) is 14.3 Å². The van der Waals surface area contributed by atoms with Crippen LogP contribution in [0.3, 0.4) is 0 Å². The molecule has 1 aliphatic carbocycles. The van der Waals surface area contributed by atoms with E-state index < -0.39 is 40.6 Å². The number of ketones is 1. The van der Waals surface area contributed by atoms with E-state index in [0.29, 0.717) is 38.0 Å². The minimum absolute atomic E-state index is 0.00984. The first kappa shape index (κ1) is 28.2. The molecule has 7 nitrogen and oxygen atoms in total. The molecule has 0 bridgehead atoms. The van der Waals surface area contributed by atoms with Crippen LogP contribution in [0.15, 0.2) is 42.7 Å². The van der Waals surface area contributed by atoms with Gasteiger partial charge in [0.15, 0.2) is 5.78 Å². The van der Waals surface area contributed by atoms with Gasteiger partial charge >= 0.3 is 0 Å². The van der Waals surface area contributed by atoms with Crippen molar-refractivity contribution in [3.8, 4) is 17.0 Å². The first-order chi connectivity index (χ1) is 19.2. The van der Waals surface area contributed by atoms with Gasteiger partial charge in [-0.1, -0.05) is 6.92 Å². The number of hydrogen-bond acceptors (Lipinski definition) is 7. The molecule has 1 saturated heterocycles. The van der Waals surface area contributed by atoms with Gasteiger partial charge in [-0.05, 0) is 66.8 Å². The number of nitrogens with zero attached hydrogens (tertiary/aromatic N) is 2. The molecule has 0 amide bonds.